The Morgan fingerprint density at radius 3 is 3.06 bits per heavy atom. The van der Waals surface area contributed by atoms with E-state index in [4.69, 9.17) is 10.5 Å². The van der Waals surface area contributed by atoms with Gasteiger partial charge in [0.2, 0.25) is 0 Å². The third-order valence-corrected chi connectivity index (χ3v) is 2.42. The van der Waals surface area contributed by atoms with Gasteiger partial charge in [0.15, 0.2) is 11.5 Å². The number of methoxy groups -OCH3 is 1. The number of rotatable bonds is 5. The second-order valence-electron chi connectivity index (χ2n) is 3.67. The maximum Gasteiger partial charge on any atom is 0.155 e. The number of hydrogen-bond acceptors (Lipinski definition) is 4. The van der Waals surface area contributed by atoms with Crippen LogP contribution >= 0.6 is 0 Å². The average molecular weight is 220 g/mol. The summed E-state index contributed by atoms with van der Waals surface area (Å²) in [5, 5.41) is 4.39. The fourth-order valence-corrected chi connectivity index (χ4v) is 1.57. The largest absolute Gasteiger partial charge is 0.385 e. The molecule has 0 unspecified atom stereocenters. The van der Waals surface area contributed by atoms with Crippen molar-refractivity contribution in [2.45, 2.75) is 19.4 Å². The van der Waals surface area contributed by atoms with Gasteiger partial charge in [0.1, 0.15) is 0 Å². The molecule has 2 N–H and O–H groups in total. The second kappa shape index (κ2) is 5.05. The van der Waals surface area contributed by atoms with E-state index in [0.29, 0.717) is 6.54 Å². The molecular formula is C11H16N4O. The third kappa shape index (κ3) is 2.37. The molecule has 0 atom stereocenters. The van der Waals surface area contributed by atoms with Crippen LogP contribution in [0.3, 0.4) is 0 Å². The number of pyridine rings is 1. The number of aromatic nitrogens is 3. The quantitative estimate of drug-likeness (QED) is 0.756. The molecule has 5 heteroatoms. The Morgan fingerprint density at radius 2 is 2.31 bits per heavy atom. The zero-order valence-electron chi connectivity index (χ0n) is 9.39. The number of hydrogen-bond donors (Lipinski definition) is 1. The molecule has 2 aromatic heterocycles. The van der Waals surface area contributed by atoms with Gasteiger partial charge in [-0.25, -0.2) is 9.50 Å². The minimum atomic E-state index is 0.523. The van der Waals surface area contributed by atoms with Crippen molar-refractivity contribution < 1.29 is 4.74 Å². The number of nitrogens with two attached hydrogens (primary N) is 1. The number of fused-ring (bicyclic) bond motifs is 1. The van der Waals surface area contributed by atoms with Gasteiger partial charge in [0.25, 0.3) is 0 Å². The first-order valence-electron chi connectivity index (χ1n) is 5.36. The lowest BCUT2D eigenvalue weighted by molar-refractivity contribution is 0.194. The summed E-state index contributed by atoms with van der Waals surface area (Å²) in [6, 6.07) is 3.91. The standard InChI is InChI=1S/C11H16N4O/c1-16-6-2-3-10-13-11-5-4-9(7-12)8-15(11)14-10/h4-5,8H,2-3,6-7,12H2,1H3. The van der Waals surface area contributed by atoms with Crippen molar-refractivity contribution in [1.29, 1.82) is 0 Å². The summed E-state index contributed by atoms with van der Waals surface area (Å²) in [5.74, 6) is 0.853. The fourth-order valence-electron chi connectivity index (χ4n) is 1.57. The molecule has 0 saturated carbocycles. The highest BCUT2D eigenvalue weighted by Crippen LogP contribution is 2.05. The highest BCUT2D eigenvalue weighted by Gasteiger charge is 2.03. The molecule has 0 aromatic carbocycles. The Morgan fingerprint density at radius 1 is 1.44 bits per heavy atom. The Hall–Kier alpha value is -1.46. The molecule has 0 radical (unpaired) electrons. The molecule has 2 aromatic rings. The fraction of sp³-hybridized carbons (Fsp3) is 0.455. The summed E-state index contributed by atoms with van der Waals surface area (Å²) in [6.45, 7) is 1.26. The van der Waals surface area contributed by atoms with E-state index in [-0.39, 0.29) is 0 Å². The smallest absolute Gasteiger partial charge is 0.155 e. The highest BCUT2D eigenvalue weighted by molar-refractivity contribution is 5.38. The van der Waals surface area contributed by atoms with E-state index in [0.717, 1.165) is 36.5 Å². The number of nitrogens with zero attached hydrogens (tertiary/aromatic N) is 3. The van der Waals surface area contributed by atoms with Gasteiger partial charge < -0.3 is 10.5 Å². The molecule has 5 nitrogen and oxygen atoms in total. The normalized spacial score (nSPS) is 11.1. The SMILES string of the molecule is COCCCc1nc2ccc(CN)cn2n1. The third-order valence-electron chi connectivity index (χ3n) is 2.42. The highest BCUT2D eigenvalue weighted by atomic mass is 16.5. The minimum Gasteiger partial charge on any atom is -0.385 e. The predicted molar refractivity (Wildman–Crippen MR) is 61.1 cm³/mol. The van der Waals surface area contributed by atoms with Crippen LogP contribution in [-0.2, 0) is 17.7 Å². The van der Waals surface area contributed by atoms with Gasteiger partial charge >= 0.3 is 0 Å². The molecule has 0 fully saturated rings. The Labute approximate surface area is 94.2 Å². The van der Waals surface area contributed by atoms with Gasteiger partial charge in [-0.1, -0.05) is 6.07 Å². The molecule has 16 heavy (non-hydrogen) atoms. The van der Waals surface area contributed by atoms with Gasteiger partial charge in [-0.2, -0.15) is 5.10 Å². The van der Waals surface area contributed by atoms with Crippen LogP contribution in [-0.4, -0.2) is 28.3 Å². The summed E-state index contributed by atoms with van der Waals surface area (Å²) in [5.41, 5.74) is 7.49. The van der Waals surface area contributed by atoms with Crippen molar-refractivity contribution in [1.82, 2.24) is 14.6 Å². The first kappa shape index (κ1) is 11.0. The summed E-state index contributed by atoms with van der Waals surface area (Å²) >= 11 is 0. The molecular weight excluding hydrogens is 204 g/mol. The van der Waals surface area contributed by atoms with E-state index in [9.17, 15) is 0 Å². The first-order valence-corrected chi connectivity index (χ1v) is 5.36. The molecule has 2 heterocycles. The van der Waals surface area contributed by atoms with Crippen molar-refractivity contribution in [3.8, 4) is 0 Å². The van der Waals surface area contributed by atoms with Crippen LogP contribution in [0.15, 0.2) is 18.3 Å². The Bertz CT molecular complexity index is 466. The van der Waals surface area contributed by atoms with Crippen LogP contribution in [0.25, 0.3) is 5.65 Å². The van der Waals surface area contributed by atoms with Crippen LogP contribution in [0.2, 0.25) is 0 Å². The van der Waals surface area contributed by atoms with Crippen molar-refractivity contribution >= 4 is 5.65 Å². The van der Waals surface area contributed by atoms with Crippen LogP contribution < -0.4 is 5.73 Å². The van der Waals surface area contributed by atoms with Gasteiger partial charge in [-0.3, -0.25) is 0 Å². The van der Waals surface area contributed by atoms with E-state index in [1.54, 1.807) is 11.6 Å². The van der Waals surface area contributed by atoms with Crippen LogP contribution in [0.5, 0.6) is 0 Å². The average Bonchev–Trinajstić information content (AvgIpc) is 2.70. The van der Waals surface area contributed by atoms with Crippen molar-refractivity contribution in [3.63, 3.8) is 0 Å². The van der Waals surface area contributed by atoms with E-state index < -0.39 is 0 Å². The van der Waals surface area contributed by atoms with Gasteiger partial charge in [-0.15, -0.1) is 0 Å². The van der Waals surface area contributed by atoms with Gasteiger partial charge in [0, 0.05) is 32.9 Å². The minimum absolute atomic E-state index is 0.523. The van der Waals surface area contributed by atoms with Crippen LogP contribution in [0, 0.1) is 0 Å². The Kier molecular flexibility index (Phi) is 3.48. The van der Waals surface area contributed by atoms with E-state index in [1.165, 1.54) is 0 Å². The van der Waals surface area contributed by atoms with Crippen molar-refractivity contribution in [3.05, 3.63) is 29.7 Å². The number of aryl methyl sites for hydroxylation is 1. The summed E-state index contributed by atoms with van der Waals surface area (Å²) < 4.78 is 6.78. The van der Waals surface area contributed by atoms with E-state index >= 15 is 0 Å². The molecule has 0 saturated heterocycles. The summed E-state index contributed by atoms with van der Waals surface area (Å²) in [6.07, 6.45) is 3.70. The lowest BCUT2D eigenvalue weighted by Gasteiger charge is -1.95. The lowest BCUT2D eigenvalue weighted by atomic mass is 10.3. The van der Waals surface area contributed by atoms with Crippen LogP contribution in [0.1, 0.15) is 17.8 Å². The van der Waals surface area contributed by atoms with Crippen molar-refractivity contribution in [2.75, 3.05) is 13.7 Å². The summed E-state index contributed by atoms with van der Waals surface area (Å²) in [7, 11) is 1.70. The molecule has 0 aliphatic heterocycles. The van der Waals surface area contributed by atoms with Crippen molar-refractivity contribution in [2.24, 2.45) is 5.73 Å². The molecule has 2 rings (SSSR count). The summed E-state index contributed by atoms with van der Waals surface area (Å²) in [4.78, 5) is 4.42. The molecule has 0 aliphatic carbocycles. The first-order chi connectivity index (χ1) is 7.83. The molecule has 86 valence electrons. The predicted octanol–water partition coefficient (Wildman–Crippen LogP) is 0.767. The second-order valence-corrected chi connectivity index (χ2v) is 3.67. The molecule has 0 amide bonds. The molecule has 0 spiro atoms. The number of ether oxygens (including phenoxy) is 1. The monoisotopic (exact) mass is 220 g/mol. The topological polar surface area (TPSA) is 65.4 Å². The Balaban J connectivity index is 2.16. The maximum absolute atomic E-state index is 5.57. The zero-order chi connectivity index (χ0) is 11.4. The molecule has 0 bridgehead atoms. The van der Waals surface area contributed by atoms with Gasteiger partial charge in [-0.05, 0) is 18.1 Å². The van der Waals surface area contributed by atoms with Gasteiger partial charge in [0.05, 0.1) is 0 Å². The van der Waals surface area contributed by atoms with Crippen LogP contribution in [0.4, 0.5) is 0 Å². The van der Waals surface area contributed by atoms with E-state index in [2.05, 4.69) is 10.1 Å². The zero-order valence-corrected chi connectivity index (χ0v) is 9.39. The molecule has 0 aliphatic rings. The lowest BCUT2D eigenvalue weighted by Crippen LogP contribution is -1.99. The van der Waals surface area contributed by atoms with E-state index in [1.807, 2.05) is 18.3 Å². The maximum atomic E-state index is 5.57.